The Labute approximate surface area is 83.3 Å². The van der Waals surface area contributed by atoms with Crippen molar-refractivity contribution in [3.8, 4) is 0 Å². The molecule has 3 unspecified atom stereocenters. The summed E-state index contributed by atoms with van der Waals surface area (Å²) in [6.07, 6.45) is 4.20. The Bertz CT molecular complexity index is 142. The lowest BCUT2D eigenvalue weighted by molar-refractivity contribution is 0.166. The van der Waals surface area contributed by atoms with Gasteiger partial charge >= 0.3 is 0 Å². The van der Waals surface area contributed by atoms with Crippen LogP contribution in [0, 0.1) is 17.8 Å². The molecule has 0 spiro atoms. The minimum atomic E-state index is 0.801. The highest BCUT2D eigenvalue weighted by Crippen LogP contribution is 2.34. The summed E-state index contributed by atoms with van der Waals surface area (Å²) in [6.45, 7) is 10.5. The molecule has 1 aliphatic carbocycles. The number of hydrogen-bond donors (Lipinski definition) is 1. The topological polar surface area (TPSA) is 12.0 Å². The lowest BCUT2D eigenvalue weighted by atomic mass is 9.73. The van der Waals surface area contributed by atoms with Crippen molar-refractivity contribution in [1.29, 1.82) is 0 Å². The zero-order valence-electron chi connectivity index (χ0n) is 9.64. The third kappa shape index (κ3) is 2.98. The molecule has 0 aromatic carbocycles. The van der Waals surface area contributed by atoms with Crippen molar-refractivity contribution in [2.45, 2.75) is 53.0 Å². The SMILES string of the molecule is CCNC1CCC(C(C)C)C(C)C1. The van der Waals surface area contributed by atoms with Crippen LogP contribution in [-0.4, -0.2) is 12.6 Å². The van der Waals surface area contributed by atoms with Crippen molar-refractivity contribution in [2.24, 2.45) is 17.8 Å². The van der Waals surface area contributed by atoms with Crippen LogP contribution in [0.4, 0.5) is 0 Å². The highest BCUT2D eigenvalue weighted by Gasteiger charge is 2.28. The van der Waals surface area contributed by atoms with Crippen molar-refractivity contribution >= 4 is 0 Å². The van der Waals surface area contributed by atoms with Gasteiger partial charge in [0.2, 0.25) is 0 Å². The standard InChI is InChI=1S/C12H25N/c1-5-13-11-6-7-12(9(2)3)10(4)8-11/h9-13H,5-8H2,1-4H3. The Hall–Kier alpha value is -0.0400. The van der Waals surface area contributed by atoms with Crippen LogP contribution in [0.15, 0.2) is 0 Å². The molecular weight excluding hydrogens is 158 g/mol. The quantitative estimate of drug-likeness (QED) is 0.709. The molecule has 0 radical (unpaired) electrons. The van der Waals surface area contributed by atoms with Gasteiger partial charge in [-0.25, -0.2) is 0 Å². The largest absolute Gasteiger partial charge is 0.314 e. The second kappa shape index (κ2) is 4.99. The summed E-state index contributed by atoms with van der Waals surface area (Å²) in [4.78, 5) is 0. The second-order valence-corrected chi connectivity index (χ2v) is 4.95. The third-order valence-corrected chi connectivity index (χ3v) is 3.58. The molecule has 1 N–H and O–H groups in total. The van der Waals surface area contributed by atoms with E-state index in [0.29, 0.717) is 0 Å². The molecule has 1 fully saturated rings. The zero-order chi connectivity index (χ0) is 9.84. The molecule has 1 saturated carbocycles. The highest BCUT2D eigenvalue weighted by molar-refractivity contribution is 4.82. The average molecular weight is 183 g/mol. The van der Waals surface area contributed by atoms with Crippen molar-refractivity contribution in [1.82, 2.24) is 5.32 Å². The number of hydrogen-bond acceptors (Lipinski definition) is 1. The van der Waals surface area contributed by atoms with Crippen LogP contribution in [0.1, 0.15) is 47.0 Å². The Kier molecular flexibility index (Phi) is 4.24. The lowest BCUT2D eigenvalue weighted by Gasteiger charge is -2.36. The van der Waals surface area contributed by atoms with E-state index in [-0.39, 0.29) is 0 Å². The summed E-state index contributed by atoms with van der Waals surface area (Å²) >= 11 is 0. The van der Waals surface area contributed by atoms with Crippen LogP contribution >= 0.6 is 0 Å². The monoisotopic (exact) mass is 183 g/mol. The summed E-state index contributed by atoms with van der Waals surface area (Å²) in [5, 5.41) is 3.57. The summed E-state index contributed by atoms with van der Waals surface area (Å²) in [7, 11) is 0. The van der Waals surface area contributed by atoms with Gasteiger partial charge < -0.3 is 5.32 Å². The van der Waals surface area contributed by atoms with Gasteiger partial charge in [-0.3, -0.25) is 0 Å². The van der Waals surface area contributed by atoms with Crippen LogP contribution in [0.3, 0.4) is 0 Å². The maximum Gasteiger partial charge on any atom is 0.00696 e. The fraction of sp³-hybridized carbons (Fsp3) is 1.00. The fourth-order valence-electron chi connectivity index (χ4n) is 2.88. The molecule has 13 heavy (non-hydrogen) atoms. The van der Waals surface area contributed by atoms with E-state index in [0.717, 1.165) is 30.3 Å². The van der Waals surface area contributed by atoms with E-state index >= 15 is 0 Å². The van der Waals surface area contributed by atoms with E-state index in [1.807, 2.05) is 0 Å². The molecule has 0 aliphatic heterocycles. The van der Waals surface area contributed by atoms with E-state index in [4.69, 9.17) is 0 Å². The summed E-state index contributed by atoms with van der Waals surface area (Å²) in [5.74, 6) is 2.75. The molecule has 1 nitrogen and oxygen atoms in total. The Balaban J connectivity index is 2.37. The van der Waals surface area contributed by atoms with E-state index in [1.165, 1.54) is 19.3 Å². The van der Waals surface area contributed by atoms with Crippen molar-refractivity contribution in [3.05, 3.63) is 0 Å². The lowest BCUT2D eigenvalue weighted by Crippen LogP contribution is -2.38. The molecule has 0 amide bonds. The van der Waals surface area contributed by atoms with Gasteiger partial charge in [0.05, 0.1) is 0 Å². The smallest absolute Gasteiger partial charge is 0.00696 e. The Morgan fingerprint density at radius 2 is 2.00 bits per heavy atom. The van der Waals surface area contributed by atoms with Crippen LogP contribution < -0.4 is 5.32 Å². The van der Waals surface area contributed by atoms with E-state index in [9.17, 15) is 0 Å². The van der Waals surface area contributed by atoms with Crippen molar-refractivity contribution in [2.75, 3.05) is 6.54 Å². The summed E-state index contributed by atoms with van der Waals surface area (Å²) < 4.78 is 0. The Morgan fingerprint density at radius 1 is 1.31 bits per heavy atom. The molecule has 0 heterocycles. The first kappa shape index (κ1) is 11.0. The maximum absolute atomic E-state index is 3.57. The molecule has 0 aromatic heterocycles. The van der Waals surface area contributed by atoms with Gasteiger partial charge in [0, 0.05) is 6.04 Å². The molecule has 1 heteroatoms. The average Bonchev–Trinajstić information content (AvgIpc) is 2.04. The minimum Gasteiger partial charge on any atom is -0.314 e. The molecular formula is C12H25N. The van der Waals surface area contributed by atoms with Gasteiger partial charge in [-0.05, 0) is 43.6 Å². The first-order valence-electron chi connectivity index (χ1n) is 5.88. The van der Waals surface area contributed by atoms with Gasteiger partial charge in [0.15, 0.2) is 0 Å². The fourth-order valence-corrected chi connectivity index (χ4v) is 2.88. The molecule has 1 aliphatic rings. The van der Waals surface area contributed by atoms with Gasteiger partial charge in [-0.1, -0.05) is 27.7 Å². The maximum atomic E-state index is 3.57. The minimum absolute atomic E-state index is 0.801. The summed E-state index contributed by atoms with van der Waals surface area (Å²) in [6, 6.07) is 0.801. The first-order chi connectivity index (χ1) is 6.15. The van der Waals surface area contributed by atoms with Crippen LogP contribution in [0.2, 0.25) is 0 Å². The molecule has 0 aromatic rings. The molecule has 0 bridgehead atoms. The van der Waals surface area contributed by atoms with Crippen LogP contribution in [-0.2, 0) is 0 Å². The number of rotatable bonds is 3. The van der Waals surface area contributed by atoms with E-state index in [1.54, 1.807) is 0 Å². The third-order valence-electron chi connectivity index (χ3n) is 3.58. The number of nitrogens with one attached hydrogen (secondary N) is 1. The van der Waals surface area contributed by atoms with Crippen LogP contribution in [0.5, 0.6) is 0 Å². The van der Waals surface area contributed by atoms with E-state index < -0.39 is 0 Å². The van der Waals surface area contributed by atoms with Gasteiger partial charge in [-0.2, -0.15) is 0 Å². The molecule has 3 atom stereocenters. The highest BCUT2D eigenvalue weighted by atomic mass is 14.9. The van der Waals surface area contributed by atoms with Crippen LogP contribution in [0.25, 0.3) is 0 Å². The predicted molar refractivity (Wildman–Crippen MR) is 58.8 cm³/mol. The van der Waals surface area contributed by atoms with Gasteiger partial charge in [0.1, 0.15) is 0 Å². The van der Waals surface area contributed by atoms with Gasteiger partial charge in [0.25, 0.3) is 0 Å². The second-order valence-electron chi connectivity index (χ2n) is 4.95. The zero-order valence-corrected chi connectivity index (χ0v) is 9.64. The first-order valence-corrected chi connectivity index (χ1v) is 5.88. The van der Waals surface area contributed by atoms with E-state index in [2.05, 4.69) is 33.0 Å². The summed E-state index contributed by atoms with van der Waals surface area (Å²) in [5.41, 5.74) is 0. The molecule has 0 saturated heterocycles. The normalized spacial score (nSPS) is 35.3. The predicted octanol–water partition coefficient (Wildman–Crippen LogP) is 3.06. The molecule has 1 rings (SSSR count). The van der Waals surface area contributed by atoms with Crippen molar-refractivity contribution in [3.63, 3.8) is 0 Å². The Morgan fingerprint density at radius 3 is 2.46 bits per heavy atom. The molecule has 78 valence electrons. The van der Waals surface area contributed by atoms with Crippen molar-refractivity contribution < 1.29 is 0 Å². The van der Waals surface area contributed by atoms with Gasteiger partial charge in [-0.15, -0.1) is 0 Å².